The zero-order chi connectivity index (χ0) is 17.8. The first-order valence-electron chi connectivity index (χ1n) is 8.60. The van der Waals surface area contributed by atoms with Crippen LogP contribution in [0.4, 0.5) is 0 Å². The van der Waals surface area contributed by atoms with Gasteiger partial charge in [0.1, 0.15) is 0 Å². The van der Waals surface area contributed by atoms with Crippen LogP contribution in [-0.2, 0) is 16.8 Å². The van der Waals surface area contributed by atoms with E-state index in [9.17, 15) is 13.6 Å². The largest absolute Gasteiger partial charge is 0.772 e. The maximum atomic E-state index is 12.0. The van der Waals surface area contributed by atoms with Crippen molar-refractivity contribution in [2.24, 2.45) is 5.92 Å². The van der Waals surface area contributed by atoms with Crippen molar-refractivity contribution in [3.8, 4) is 0 Å². The lowest BCUT2D eigenvalue weighted by Crippen LogP contribution is -2.11. The van der Waals surface area contributed by atoms with Gasteiger partial charge in [0, 0.05) is 22.6 Å². The molecular weight excluding hydrogens is 334 g/mol. The molecule has 1 aromatic carbocycles. The monoisotopic (exact) mass is 356 g/mol. The number of nitrogens with one attached hydrogen (secondary N) is 1. The van der Waals surface area contributed by atoms with Crippen molar-refractivity contribution in [1.29, 1.82) is 0 Å². The highest BCUT2D eigenvalue weighted by Crippen LogP contribution is 2.31. The quantitative estimate of drug-likeness (QED) is 0.831. The minimum absolute atomic E-state index is 0.0172. The van der Waals surface area contributed by atoms with Crippen LogP contribution in [0.25, 0.3) is 5.57 Å². The van der Waals surface area contributed by atoms with Gasteiger partial charge in [0.15, 0.2) is 0 Å². The van der Waals surface area contributed by atoms with Gasteiger partial charge in [0.25, 0.3) is 5.56 Å². The topological polar surface area (TPSA) is 73.0 Å². The Morgan fingerprint density at radius 2 is 1.88 bits per heavy atom. The van der Waals surface area contributed by atoms with Gasteiger partial charge in [-0.3, -0.25) is 9.00 Å². The van der Waals surface area contributed by atoms with E-state index < -0.39 is 11.1 Å². The average molecular weight is 356 g/mol. The lowest BCUT2D eigenvalue weighted by atomic mass is 9.95. The van der Waals surface area contributed by atoms with Gasteiger partial charge in [0.2, 0.25) is 0 Å². The van der Waals surface area contributed by atoms with E-state index in [1.165, 1.54) is 25.7 Å². The molecule has 0 amide bonds. The van der Waals surface area contributed by atoms with Gasteiger partial charge in [-0.05, 0) is 42.9 Å². The molecule has 1 heterocycles. The summed E-state index contributed by atoms with van der Waals surface area (Å²) in [6.07, 6.45) is 7.09. The number of rotatable bonds is 5. The van der Waals surface area contributed by atoms with E-state index in [1.807, 2.05) is 36.4 Å². The molecule has 0 bridgehead atoms. The van der Waals surface area contributed by atoms with Crippen LogP contribution >= 0.6 is 0 Å². The molecule has 0 aliphatic heterocycles. The van der Waals surface area contributed by atoms with Crippen LogP contribution in [0.2, 0.25) is 0 Å². The molecule has 0 spiro atoms. The van der Waals surface area contributed by atoms with Gasteiger partial charge in [-0.25, -0.2) is 0 Å². The molecule has 1 N–H and O–H groups in total. The highest BCUT2D eigenvalue weighted by atomic mass is 32.2. The molecule has 1 unspecified atom stereocenters. The summed E-state index contributed by atoms with van der Waals surface area (Å²) in [6.45, 7) is 1.79. The van der Waals surface area contributed by atoms with Crippen LogP contribution in [0.3, 0.4) is 0 Å². The standard InChI is InChI=1S/C20H23NO3S/c1-14-6-11-19(21-20(14)22)18(12-15-4-2-3-5-15)17-9-7-16(8-10-17)13-25(23)24/h6-12,15H,2-5,13H2,1H3,(H,21,22)(H,23,24)/p-1/b18-12+. The highest BCUT2D eigenvalue weighted by molar-refractivity contribution is 7.78. The van der Waals surface area contributed by atoms with Gasteiger partial charge in [-0.15, -0.1) is 0 Å². The molecule has 1 fully saturated rings. The predicted octanol–water partition coefficient (Wildman–Crippen LogP) is 3.68. The molecule has 1 atom stereocenters. The lowest BCUT2D eigenvalue weighted by Gasteiger charge is -2.13. The minimum Gasteiger partial charge on any atom is -0.772 e. The maximum Gasteiger partial charge on any atom is 0.251 e. The Kier molecular flexibility index (Phi) is 5.66. The summed E-state index contributed by atoms with van der Waals surface area (Å²) in [6, 6.07) is 11.3. The lowest BCUT2D eigenvalue weighted by molar-refractivity contribution is 0.536. The van der Waals surface area contributed by atoms with Gasteiger partial charge in [-0.2, -0.15) is 0 Å². The summed E-state index contributed by atoms with van der Waals surface area (Å²) in [5.74, 6) is 0.539. The molecule has 5 heteroatoms. The Morgan fingerprint density at radius 1 is 1.20 bits per heavy atom. The summed E-state index contributed by atoms with van der Waals surface area (Å²) in [5.41, 5.74) is 4.19. The average Bonchev–Trinajstić information content (AvgIpc) is 3.09. The number of aromatic amines is 1. The van der Waals surface area contributed by atoms with Crippen molar-refractivity contribution in [2.45, 2.75) is 38.4 Å². The summed E-state index contributed by atoms with van der Waals surface area (Å²) >= 11 is -2.09. The Labute approximate surface area is 150 Å². The molecule has 25 heavy (non-hydrogen) atoms. The van der Waals surface area contributed by atoms with Crippen LogP contribution in [-0.4, -0.2) is 13.7 Å². The van der Waals surface area contributed by atoms with E-state index in [1.54, 1.807) is 6.92 Å². The Bertz CT molecular complexity index is 846. The molecule has 2 aromatic rings. The number of aromatic nitrogens is 1. The second-order valence-corrected chi connectivity index (χ2v) is 7.55. The molecule has 1 saturated carbocycles. The number of H-pyrrole nitrogens is 1. The SMILES string of the molecule is Cc1ccc(/C(=C/C2CCCC2)c2ccc(CS(=O)[O-])cc2)[nH]c1=O. The van der Waals surface area contributed by atoms with E-state index in [0.29, 0.717) is 11.5 Å². The van der Waals surface area contributed by atoms with E-state index in [-0.39, 0.29) is 11.3 Å². The normalized spacial score (nSPS) is 17.0. The zero-order valence-electron chi connectivity index (χ0n) is 14.3. The third-order valence-electron chi connectivity index (χ3n) is 4.75. The fourth-order valence-electron chi connectivity index (χ4n) is 3.32. The van der Waals surface area contributed by atoms with Gasteiger partial charge in [0.05, 0.1) is 0 Å². The number of aryl methyl sites for hydroxylation is 1. The van der Waals surface area contributed by atoms with E-state index in [2.05, 4.69) is 11.1 Å². The molecule has 1 aliphatic rings. The number of hydrogen-bond acceptors (Lipinski definition) is 3. The van der Waals surface area contributed by atoms with Crippen LogP contribution < -0.4 is 5.56 Å². The zero-order valence-corrected chi connectivity index (χ0v) is 15.1. The fraction of sp³-hybridized carbons (Fsp3) is 0.350. The number of allylic oxidation sites excluding steroid dienone is 1. The predicted molar refractivity (Wildman–Crippen MR) is 99.9 cm³/mol. The van der Waals surface area contributed by atoms with E-state index in [4.69, 9.17) is 0 Å². The summed E-state index contributed by atoms with van der Waals surface area (Å²) in [4.78, 5) is 15.0. The van der Waals surface area contributed by atoms with Crippen LogP contribution in [0.1, 0.15) is 48.1 Å². The number of pyridine rings is 1. The first kappa shape index (κ1) is 17.8. The van der Waals surface area contributed by atoms with Crippen molar-refractivity contribution in [2.75, 3.05) is 0 Å². The van der Waals surface area contributed by atoms with Gasteiger partial charge < -0.3 is 9.54 Å². The Balaban J connectivity index is 1.99. The van der Waals surface area contributed by atoms with Crippen molar-refractivity contribution in [3.05, 3.63) is 75.2 Å². The molecule has 1 aromatic heterocycles. The smallest absolute Gasteiger partial charge is 0.251 e. The van der Waals surface area contributed by atoms with Gasteiger partial charge in [-0.1, -0.05) is 60.3 Å². The van der Waals surface area contributed by atoms with Crippen molar-refractivity contribution in [3.63, 3.8) is 0 Å². The number of benzene rings is 1. The van der Waals surface area contributed by atoms with E-state index in [0.717, 1.165) is 22.4 Å². The van der Waals surface area contributed by atoms with Crippen molar-refractivity contribution >= 4 is 16.7 Å². The summed E-state index contributed by atoms with van der Waals surface area (Å²) < 4.78 is 21.7. The third kappa shape index (κ3) is 4.55. The molecule has 0 radical (unpaired) electrons. The molecular formula is C20H22NO3S-. The first-order chi connectivity index (χ1) is 12.0. The highest BCUT2D eigenvalue weighted by Gasteiger charge is 2.16. The first-order valence-corrected chi connectivity index (χ1v) is 9.84. The maximum absolute atomic E-state index is 12.0. The van der Waals surface area contributed by atoms with E-state index >= 15 is 0 Å². The van der Waals surface area contributed by atoms with Crippen LogP contribution in [0.15, 0.2) is 47.3 Å². The Hall–Kier alpha value is -1.98. The number of hydrogen-bond donors (Lipinski definition) is 1. The second-order valence-electron chi connectivity index (χ2n) is 6.65. The van der Waals surface area contributed by atoms with Crippen molar-refractivity contribution < 1.29 is 8.76 Å². The van der Waals surface area contributed by atoms with Crippen LogP contribution in [0, 0.1) is 12.8 Å². The minimum atomic E-state index is -2.09. The molecule has 3 rings (SSSR count). The Morgan fingerprint density at radius 3 is 2.48 bits per heavy atom. The second kappa shape index (κ2) is 7.93. The fourth-order valence-corrected chi connectivity index (χ4v) is 3.79. The summed E-state index contributed by atoms with van der Waals surface area (Å²) in [5, 5.41) is 0. The summed E-state index contributed by atoms with van der Waals surface area (Å²) in [7, 11) is 0. The molecule has 0 saturated heterocycles. The molecule has 132 valence electrons. The van der Waals surface area contributed by atoms with Gasteiger partial charge >= 0.3 is 0 Å². The third-order valence-corrected chi connectivity index (χ3v) is 5.32. The molecule has 1 aliphatic carbocycles. The molecule has 4 nitrogen and oxygen atoms in total. The van der Waals surface area contributed by atoms with Crippen LogP contribution in [0.5, 0.6) is 0 Å². The van der Waals surface area contributed by atoms with Crippen molar-refractivity contribution in [1.82, 2.24) is 4.98 Å².